The summed E-state index contributed by atoms with van der Waals surface area (Å²) < 4.78 is 11.8. The second-order valence-electron chi connectivity index (χ2n) is 7.57. The number of benzene rings is 1. The summed E-state index contributed by atoms with van der Waals surface area (Å²) in [6.07, 6.45) is 4.67. The molecule has 2 unspecified atom stereocenters. The number of anilines is 1. The first-order valence-electron chi connectivity index (χ1n) is 9.53. The first kappa shape index (κ1) is 16.5. The van der Waals surface area contributed by atoms with Gasteiger partial charge in [0.25, 0.3) is 0 Å². The summed E-state index contributed by atoms with van der Waals surface area (Å²) in [7, 11) is 0. The standard InChI is InChI=1S/C20H23N5O2/c1-12(2)26-13-5-6-17-16(7-13)20(24-23-17)18-8-19(22-11-21-18)25-9-14-3-4-15(10-25)27-14/h5-8,11-12,14-15H,3-4,9-10H2,1-2H3,(H,23,24). The molecule has 2 aliphatic heterocycles. The van der Waals surface area contributed by atoms with Crippen molar-refractivity contribution >= 4 is 16.7 Å². The molecule has 27 heavy (non-hydrogen) atoms. The molecule has 0 aliphatic carbocycles. The van der Waals surface area contributed by atoms with Crippen LogP contribution in [-0.2, 0) is 4.74 Å². The number of H-pyrrole nitrogens is 1. The van der Waals surface area contributed by atoms with Crippen molar-refractivity contribution < 1.29 is 9.47 Å². The fraction of sp³-hybridized carbons (Fsp3) is 0.450. The van der Waals surface area contributed by atoms with E-state index in [4.69, 9.17) is 9.47 Å². The molecule has 2 atom stereocenters. The van der Waals surface area contributed by atoms with Crippen LogP contribution in [0, 0.1) is 0 Å². The first-order valence-corrected chi connectivity index (χ1v) is 9.53. The van der Waals surface area contributed by atoms with Crippen molar-refractivity contribution in [2.24, 2.45) is 0 Å². The Hall–Kier alpha value is -2.67. The predicted molar refractivity (Wildman–Crippen MR) is 103 cm³/mol. The van der Waals surface area contributed by atoms with Gasteiger partial charge in [-0.1, -0.05) is 0 Å². The van der Waals surface area contributed by atoms with Crippen LogP contribution in [0.15, 0.2) is 30.6 Å². The molecule has 140 valence electrons. The molecule has 1 aromatic carbocycles. The third kappa shape index (κ3) is 3.12. The Balaban J connectivity index is 1.49. The third-order valence-corrected chi connectivity index (χ3v) is 5.17. The zero-order chi connectivity index (χ0) is 18.4. The van der Waals surface area contributed by atoms with Crippen molar-refractivity contribution in [2.75, 3.05) is 18.0 Å². The highest BCUT2D eigenvalue weighted by Crippen LogP contribution is 2.32. The third-order valence-electron chi connectivity index (χ3n) is 5.17. The van der Waals surface area contributed by atoms with Crippen LogP contribution in [0.1, 0.15) is 26.7 Å². The van der Waals surface area contributed by atoms with E-state index in [0.29, 0.717) is 12.2 Å². The molecule has 7 nitrogen and oxygen atoms in total. The maximum Gasteiger partial charge on any atom is 0.132 e. The normalized spacial score (nSPS) is 22.0. The second-order valence-corrected chi connectivity index (χ2v) is 7.57. The quantitative estimate of drug-likeness (QED) is 0.765. The number of nitrogens with one attached hydrogen (secondary N) is 1. The van der Waals surface area contributed by atoms with Crippen molar-refractivity contribution in [3.63, 3.8) is 0 Å². The van der Waals surface area contributed by atoms with Crippen LogP contribution in [0.25, 0.3) is 22.3 Å². The minimum absolute atomic E-state index is 0.125. The lowest BCUT2D eigenvalue weighted by Gasteiger charge is -2.32. The lowest BCUT2D eigenvalue weighted by Crippen LogP contribution is -2.43. The van der Waals surface area contributed by atoms with Gasteiger partial charge in [-0.15, -0.1) is 0 Å². The summed E-state index contributed by atoms with van der Waals surface area (Å²) in [4.78, 5) is 11.3. The Bertz CT molecular complexity index is 958. The molecule has 3 aromatic rings. The highest BCUT2D eigenvalue weighted by atomic mass is 16.5. The van der Waals surface area contributed by atoms with Crippen LogP contribution in [0.5, 0.6) is 5.75 Å². The fourth-order valence-corrected chi connectivity index (χ4v) is 3.99. The van der Waals surface area contributed by atoms with Gasteiger partial charge in [0.05, 0.1) is 29.5 Å². The van der Waals surface area contributed by atoms with Crippen molar-refractivity contribution in [3.05, 3.63) is 30.6 Å². The molecule has 4 heterocycles. The number of hydrogen-bond donors (Lipinski definition) is 1. The maximum atomic E-state index is 5.94. The highest BCUT2D eigenvalue weighted by molar-refractivity contribution is 5.93. The SMILES string of the molecule is CC(C)Oc1ccc2[nH]nc(-c3cc(N4CC5CCC(C4)O5)ncn3)c2c1. The number of aromatic amines is 1. The number of rotatable bonds is 4. The van der Waals surface area contributed by atoms with E-state index in [9.17, 15) is 0 Å². The van der Waals surface area contributed by atoms with Crippen molar-refractivity contribution in [1.82, 2.24) is 20.2 Å². The maximum absolute atomic E-state index is 5.94. The molecule has 2 fully saturated rings. The van der Waals surface area contributed by atoms with Crippen LogP contribution in [-0.4, -0.2) is 51.6 Å². The minimum Gasteiger partial charge on any atom is -0.491 e. The molecule has 2 aromatic heterocycles. The minimum atomic E-state index is 0.125. The lowest BCUT2D eigenvalue weighted by atomic mass is 10.1. The number of nitrogens with zero attached hydrogens (tertiary/aromatic N) is 4. The molecular formula is C20H23N5O2. The molecule has 2 aliphatic rings. The van der Waals surface area contributed by atoms with E-state index in [2.05, 4.69) is 25.1 Å². The molecule has 7 heteroatoms. The molecule has 2 bridgehead atoms. The average Bonchev–Trinajstić information content (AvgIpc) is 3.23. The number of hydrogen-bond acceptors (Lipinski definition) is 6. The van der Waals surface area contributed by atoms with E-state index in [-0.39, 0.29) is 6.10 Å². The number of ether oxygens (including phenoxy) is 2. The van der Waals surface area contributed by atoms with Gasteiger partial charge in [-0.25, -0.2) is 9.97 Å². The van der Waals surface area contributed by atoms with Gasteiger partial charge < -0.3 is 14.4 Å². The Morgan fingerprint density at radius 3 is 2.74 bits per heavy atom. The molecule has 0 amide bonds. The fourth-order valence-electron chi connectivity index (χ4n) is 3.99. The highest BCUT2D eigenvalue weighted by Gasteiger charge is 2.34. The van der Waals surface area contributed by atoms with Crippen LogP contribution in [0.4, 0.5) is 5.82 Å². The van der Waals surface area contributed by atoms with Crippen molar-refractivity contribution in [1.29, 1.82) is 0 Å². The first-order chi connectivity index (χ1) is 13.2. The van der Waals surface area contributed by atoms with Gasteiger partial charge in [0.1, 0.15) is 23.6 Å². The van der Waals surface area contributed by atoms with Gasteiger partial charge in [0.15, 0.2) is 0 Å². The Morgan fingerprint density at radius 2 is 1.96 bits per heavy atom. The molecule has 0 spiro atoms. The Labute approximate surface area is 157 Å². The summed E-state index contributed by atoms with van der Waals surface area (Å²) in [6, 6.07) is 7.99. The van der Waals surface area contributed by atoms with Crippen LogP contribution < -0.4 is 9.64 Å². The Kier molecular flexibility index (Phi) is 3.97. The van der Waals surface area contributed by atoms with Gasteiger partial charge in [-0.3, -0.25) is 5.10 Å². The van der Waals surface area contributed by atoms with E-state index >= 15 is 0 Å². The van der Waals surface area contributed by atoms with Crippen LogP contribution >= 0.6 is 0 Å². The van der Waals surface area contributed by atoms with E-state index in [1.54, 1.807) is 6.33 Å². The monoisotopic (exact) mass is 365 g/mol. The van der Waals surface area contributed by atoms with Gasteiger partial charge in [-0.05, 0) is 44.9 Å². The van der Waals surface area contributed by atoms with E-state index in [0.717, 1.165) is 59.8 Å². The number of morpholine rings is 1. The zero-order valence-electron chi connectivity index (χ0n) is 15.6. The molecule has 0 radical (unpaired) electrons. The lowest BCUT2D eigenvalue weighted by molar-refractivity contribution is 0.0302. The smallest absolute Gasteiger partial charge is 0.132 e. The van der Waals surface area contributed by atoms with Gasteiger partial charge >= 0.3 is 0 Å². The summed E-state index contributed by atoms with van der Waals surface area (Å²) in [6.45, 7) is 5.82. The second kappa shape index (κ2) is 6.49. The largest absolute Gasteiger partial charge is 0.491 e. The molecular weight excluding hydrogens is 342 g/mol. The molecule has 2 saturated heterocycles. The van der Waals surface area contributed by atoms with Crippen LogP contribution in [0.3, 0.4) is 0 Å². The van der Waals surface area contributed by atoms with Crippen LogP contribution in [0.2, 0.25) is 0 Å². The van der Waals surface area contributed by atoms with Crippen molar-refractivity contribution in [3.8, 4) is 17.1 Å². The average molecular weight is 365 g/mol. The van der Waals surface area contributed by atoms with Gasteiger partial charge in [0, 0.05) is 24.5 Å². The summed E-state index contributed by atoms with van der Waals surface area (Å²) >= 11 is 0. The van der Waals surface area contributed by atoms with Gasteiger partial charge in [0.2, 0.25) is 0 Å². The van der Waals surface area contributed by atoms with Crippen molar-refractivity contribution in [2.45, 2.75) is 45.0 Å². The summed E-state index contributed by atoms with van der Waals surface area (Å²) in [5.74, 6) is 1.77. The zero-order valence-corrected chi connectivity index (χ0v) is 15.6. The molecule has 1 N–H and O–H groups in total. The van der Waals surface area contributed by atoms with E-state index < -0.39 is 0 Å². The van der Waals surface area contributed by atoms with E-state index in [1.165, 1.54) is 0 Å². The summed E-state index contributed by atoms with van der Waals surface area (Å²) in [5.41, 5.74) is 2.59. The Morgan fingerprint density at radius 1 is 1.15 bits per heavy atom. The predicted octanol–water partition coefficient (Wildman–Crippen LogP) is 3.17. The van der Waals surface area contributed by atoms with Gasteiger partial charge in [-0.2, -0.15) is 5.10 Å². The molecule has 5 rings (SSSR count). The number of aromatic nitrogens is 4. The molecule has 0 saturated carbocycles. The topological polar surface area (TPSA) is 76.2 Å². The summed E-state index contributed by atoms with van der Waals surface area (Å²) in [5, 5.41) is 8.59. The van der Waals surface area contributed by atoms with E-state index in [1.807, 2.05) is 38.1 Å². The number of fused-ring (bicyclic) bond motifs is 3.